The molecular formula is C13H9BrN2O4. The fraction of sp³-hybridized carbons (Fsp3) is 0. The second-order valence-corrected chi connectivity index (χ2v) is 4.70. The number of H-pyrrole nitrogens is 1. The number of anilines is 1. The van der Waals surface area contributed by atoms with E-state index in [1.807, 2.05) is 0 Å². The van der Waals surface area contributed by atoms with Crippen LogP contribution in [0.25, 0.3) is 0 Å². The lowest BCUT2D eigenvalue weighted by molar-refractivity contribution is 0.0698. The summed E-state index contributed by atoms with van der Waals surface area (Å²) in [6.45, 7) is 0. The molecule has 1 aromatic carbocycles. The number of halogens is 1. The van der Waals surface area contributed by atoms with Crippen LogP contribution in [0.15, 0.2) is 45.7 Å². The third kappa shape index (κ3) is 2.94. The lowest BCUT2D eigenvalue weighted by Crippen LogP contribution is -2.19. The van der Waals surface area contributed by atoms with Crippen molar-refractivity contribution in [2.24, 2.45) is 0 Å². The molecule has 3 N–H and O–H groups in total. The van der Waals surface area contributed by atoms with Crippen molar-refractivity contribution in [3.63, 3.8) is 0 Å². The Morgan fingerprint density at radius 1 is 1.15 bits per heavy atom. The predicted molar refractivity (Wildman–Crippen MR) is 76.1 cm³/mol. The quantitative estimate of drug-likeness (QED) is 0.798. The van der Waals surface area contributed by atoms with Gasteiger partial charge in [0.1, 0.15) is 5.69 Å². The summed E-state index contributed by atoms with van der Waals surface area (Å²) in [4.78, 5) is 36.6. The van der Waals surface area contributed by atoms with Crippen LogP contribution in [-0.2, 0) is 0 Å². The molecule has 1 amide bonds. The topological polar surface area (TPSA) is 99.3 Å². The number of para-hydroxylation sites is 1. The Labute approximate surface area is 121 Å². The number of carboxylic acid groups (broad SMARTS) is 1. The van der Waals surface area contributed by atoms with Crippen LogP contribution < -0.4 is 10.9 Å². The number of amides is 1. The van der Waals surface area contributed by atoms with Gasteiger partial charge in [-0.2, -0.15) is 0 Å². The molecule has 0 aliphatic rings. The van der Waals surface area contributed by atoms with Crippen LogP contribution >= 0.6 is 15.9 Å². The van der Waals surface area contributed by atoms with Crippen LogP contribution in [0.5, 0.6) is 0 Å². The number of carboxylic acids is 1. The van der Waals surface area contributed by atoms with E-state index >= 15 is 0 Å². The molecule has 0 saturated carbocycles. The SMILES string of the molecule is O=C(Nc1c(Br)cccc1C(=O)O)c1cccc(=O)[nH]1. The third-order valence-electron chi connectivity index (χ3n) is 2.50. The number of rotatable bonds is 3. The van der Waals surface area contributed by atoms with Crippen molar-refractivity contribution in [2.45, 2.75) is 0 Å². The Morgan fingerprint density at radius 3 is 2.50 bits per heavy atom. The molecule has 0 fully saturated rings. The summed E-state index contributed by atoms with van der Waals surface area (Å²) in [5.41, 5.74) is -0.284. The van der Waals surface area contributed by atoms with Crippen molar-refractivity contribution in [3.05, 3.63) is 62.5 Å². The number of pyridine rings is 1. The summed E-state index contributed by atoms with van der Waals surface area (Å²) < 4.78 is 0.434. The maximum Gasteiger partial charge on any atom is 0.337 e. The monoisotopic (exact) mass is 336 g/mol. The largest absolute Gasteiger partial charge is 0.478 e. The van der Waals surface area contributed by atoms with Gasteiger partial charge in [0, 0.05) is 10.5 Å². The number of aromatic nitrogens is 1. The van der Waals surface area contributed by atoms with E-state index in [4.69, 9.17) is 5.11 Å². The van der Waals surface area contributed by atoms with Gasteiger partial charge < -0.3 is 15.4 Å². The standard InChI is InChI=1S/C13H9BrN2O4/c14-8-4-1-3-7(13(19)20)11(8)16-12(18)9-5-2-6-10(17)15-9/h1-6H,(H,15,17)(H,16,18)(H,19,20). The number of hydrogen-bond acceptors (Lipinski definition) is 3. The lowest BCUT2D eigenvalue weighted by atomic mass is 10.1. The van der Waals surface area contributed by atoms with E-state index in [-0.39, 0.29) is 16.9 Å². The summed E-state index contributed by atoms with van der Waals surface area (Å²) in [6.07, 6.45) is 0. The second-order valence-electron chi connectivity index (χ2n) is 3.85. The predicted octanol–water partition coefficient (Wildman–Crippen LogP) is 2.09. The second kappa shape index (κ2) is 5.70. The minimum absolute atomic E-state index is 0.0459. The Balaban J connectivity index is 2.37. The molecule has 0 bridgehead atoms. The number of aromatic amines is 1. The van der Waals surface area contributed by atoms with E-state index in [1.165, 1.54) is 24.3 Å². The van der Waals surface area contributed by atoms with Crippen molar-refractivity contribution in [3.8, 4) is 0 Å². The lowest BCUT2D eigenvalue weighted by Gasteiger charge is -2.10. The molecule has 0 radical (unpaired) electrons. The van der Waals surface area contributed by atoms with Crippen molar-refractivity contribution in [2.75, 3.05) is 5.32 Å². The zero-order valence-electron chi connectivity index (χ0n) is 10.0. The minimum atomic E-state index is -1.16. The van der Waals surface area contributed by atoms with Gasteiger partial charge in [0.05, 0.1) is 11.3 Å². The van der Waals surface area contributed by atoms with Gasteiger partial charge in [0.25, 0.3) is 5.91 Å². The van der Waals surface area contributed by atoms with Gasteiger partial charge >= 0.3 is 5.97 Å². The van der Waals surface area contributed by atoms with E-state index in [2.05, 4.69) is 26.2 Å². The molecule has 0 aliphatic carbocycles. The molecule has 102 valence electrons. The maximum atomic E-state index is 12.0. The summed E-state index contributed by atoms with van der Waals surface area (Å²) in [7, 11) is 0. The molecule has 0 atom stereocenters. The Bertz CT molecular complexity index is 739. The number of nitrogens with one attached hydrogen (secondary N) is 2. The van der Waals surface area contributed by atoms with E-state index in [1.54, 1.807) is 12.1 Å². The summed E-state index contributed by atoms with van der Waals surface area (Å²) in [5, 5.41) is 11.6. The normalized spacial score (nSPS) is 10.1. The molecule has 0 aliphatic heterocycles. The molecule has 2 aromatic rings. The van der Waals surface area contributed by atoms with E-state index in [0.717, 1.165) is 0 Å². The first-order chi connectivity index (χ1) is 9.49. The van der Waals surface area contributed by atoms with Gasteiger partial charge in [-0.15, -0.1) is 0 Å². The third-order valence-corrected chi connectivity index (χ3v) is 3.16. The number of aromatic carboxylic acids is 1. The number of carbonyl (C=O) groups is 2. The highest BCUT2D eigenvalue weighted by Gasteiger charge is 2.16. The van der Waals surface area contributed by atoms with Crippen LogP contribution in [0.1, 0.15) is 20.8 Å². The smallest absolute Gasteiger partial charge is 0.337 e. The fourth-order valence-electron chi connectivity index (χ4n) is 1.59. The van der Waals surface area contributed by atoms with Gasteiger partial charge in [-0.1, -0.05) is 12.1 Å². The number of hydrogen-bond donors (Lipinski definition) is 3. The first kappa shape index (κ1) is 14.0. The molecule has 7 heteroatoms. The van der Waals surface area contributed by atoms with Crippen LogP contribution in [-0.4, -0.2) is 22.0 Å². The summed E-state index contributed by atoms with van der Waals surface area (Å²) in [5.74, 6) is -1.76. The van der Waals surface area contributed by atoms with Crippen molar-refractivity contribution in [1.29, 1.82) is 0 Å². The molecule has 0 spiro atoms. The molecule has 0 saturated heterocycles. The Kier molecular flexibility index (Phi) is 3.99. The van der Waals surface area contributed by atoms with E-state index < -0.39 is 17.4 Å². The summed E-state index contributed by atoms with van der Waals surface area (Å²) >= 11 is 3.18. The number of carbonyl (C=O) groups excluding carboxylic acids is 1. The molecule has 6 nitrogen and oxygen atoms in total. The van der Waals surface area contributed by atoms with Gasteiger partial charge in [-0.3, -0.25) is 9.59 Å². The average Bonchev–Trinajstić information content (AvgIpc) is 2.40. The molecule has 20 heavy (non-hydrogen) atoms. The Hall–Kier alpha value is -2.41. The van der Waals surface area contributed by atoms with E-state index in [9.17, 15) is 14.4 Å². The maximum absolute atomic E-state index is 12.0. The van der Waals surface area contributed by atoms with Crippen LogP contribution in [0.4, 0.5) is 5.69 Å². The highest BCUT2D eigenvalue weighted by molar-refractivity contribution is 9.10. The van der Waals surface area contributed by atoms with Gasteiger partial charge in [-0.25, -0.2) is 4.79 Å². The van der Waals surface area contributed by atoms with E-state index in [0.29, 0.717) is 4.47 Å². The molecule has 2 rings (SSSR count). The zero-order valence-corrected chi connectivity index (χ0v) is 11.6. The molecule has 1 heterocycles. The van der Waals surface area contributed by atoms with Crippen LogP contribution in [0.2, 0.25) is 0 Å². The zero-order chi connectivity index (χ0) is 14.7. The van der Waals surface area contributed by atoms with Crippen LogP contribution in [0, 0.1) is 0 Å². The van der Waals surface area contributed by atoms with Crippen LogP contribution in [0.3, 0.4) is 0 Å². The van der Waals surface area contributed by atoms with Crippen molar-refractivity contribution < 1.29 is 14.7 Å². The van der Waals surface area contributed by atoms with Gasteiger partial charge in [-0.05, 0) is 34.1 Å². The molecular weight excluding hydrogens is 328 g/mol. The highest BCUT2D eigenvalue weighted by Crippen LogP contribution is 2.26. The molecule has 1 aromatic heterocycles. The minimum Gasteiger partial charge on any atom is -0.478 e. The first-order valence-corrected chi connectivity index (χ1v) is 6.31. The summed E-state index contributed by atoms with van der Waals surface area (Å²) in [6, 6.07) is 8.66. The average molecular weight is 337 g/mol. The number of benzene rings is 1. The Morgan fingerprint density at radius 2 is 1.85 bits per heavy atom. The van der Waals surface area contributed by atoms with Crippen molar-refractivity contribution >= 4 is 33.5 Å². The molecule has 0 unspecified atom stereocenters. The van der Waals surface area contributed by atoms with Gasteiger partial charge in [0.15, 0.2) is 0 Å². The van der Waals surface area contributed by atoms with Crippen molar-refractivity contribution in [1.82, 2.24) is 4.98 Å². The van der Waals surface area contributed by atoms with Gasteiger partial charge in [0.2, 0.25) is 5.56 Å². The first-order valence-electron chi connectivity index (χ1n) is 5.51. The fourth-order valence-corrected chi connectivity index (χ4v) is 2.06. The highest BCUT2D eigenvalue weighted by atomic mass is 79.9.